The smallest absolute Gasteiger partial charge is 0.252 e. The number of methoxy groups -OCH3 is 1. The van der Waals surface area contributed by atoms with Gasteiger partial charge in [-0.25, -0.2) is 0 Å². The lowest BCUT2D eigenvalue weighted by Crippen LogP contribution is -2.54. The van der Waals surface area contributed by atoms with E-state index in [2.05, 4.69) is 15.5 Å². The average molecular weight is 370 g/mol. The minimum absolute atomic E-state index is 0. The number of hydrogen-bond donors (Lipinski definition) is 2. The summed E-state index contributed by atoms with van der Waals surface area (Å²) < 4.78 is 5.54. The second kappa shape index (κ2) is 12.3. The van der Waals surface area contributed by atoms with E-state index in [1.807, 2.05) is 0 Å². The van der Waals surface area contributed by atoms with Gasteiger partial charge in [-0.3, -0.25) is 4.79 Å². The van der Waals surface area contributed by atoms with Crippen LogP contribution in [0.25, 0.3) is 0 Å². The Hall–Kier alpha value is -0.0700. The first kappa shape index (κ1) is 22.9. The quantitative estimate of drug-likeness (QED) is 0.702. The Morgan fingerprint density at radius 3 is 2.30 bits per heavy atom. The van der Waals surface area contributed by atoms with E-state index in [1.54, 1.807) is 7.11 Å². The largest absolute Gasteiger partial charge is 0.368 e. The molecular formula is C16H33Cl2N3O2. The standard InChI is InChI=1S/C16H31N3O2.2ClH/c1-21-16(7-10-17-11-8-16)15(20)18-9-6-14-19-12-4-2-3-5-13-19;;/h17H,2-14H2,1H3,(H,18,20);2*1H. The summed E-state index contributed by atoms with van der Waals surface area (Å²) in [6, 6.07) is 0. The number of carbonyl (C=O) groups excluding carboxylic acids is 1. The van der Waals surface area contributed by atoms with Crippen molar-refractivity contribution in [1.82, 2.24) is 15.5 Å². The van der Waals surface area contributed by atoms with Crippen LogP contribution in [0.4, 0.5) is 0 Å². The van der Waals surface area contributed by atoms with Crippen molar-refractivity contribution >= 4 is 30.7 Å². The number of nitrogens with zero attached hydrogens (tertiary/aromatic N) is 1. The van der Waals surface area contributed by atoms with Gasteiger partial charge in [0.25, 0.3) is 5.91 Å². The molecule has 2 aliphatic heterocycles. The summed E-state index contributed by atoms with van der Waals surface area (Å²) in [4.78, 5) is 14.9. The van der Waals surface area contributed by atoms with Crippen LogP contribution in [0.3, 0.4) is 0 Å². The van der Waals surface area contributed by atoms with E-state index in [-0.39, 0.29) is 30.7 Å². The number of carbonyl (C=O) groups is 1. The molecule has 0 saturated carbocycles. The molecule has 0 unspecified atom stereocenters. The van der Waals surface area contributed by atoms with Crippen molar-refractivity contribution in [1.29, 1.82) is 0 Å². The van der Waals surface area contributed by atoms with Crippen molar-refractivity contribution in [2.45, 2.75) is 50.5 Å². The third kappa shape index (κ3) is 7.14. The normalized spacial score (nSPS) is 21.4. The van der Waals surface area contributed by atoms with Crippen molar-refractivity contribution < 1.29 is 9.53 Å². The van der Waals surface area contributed by atoms with Gasteiger partial charge >= 0.3 is 0 Å². The molecule has 0 aromatic heterocycles. The highest BCUT2D eigenvalue weighted by molar-refractivity contribution is 5.86. The Morgan fingerprint density at radius 1 is 1.13 bits per heavy atom. The molecule has 23 heavy (non-hydrogen) atoms. The van der Waals surface area contributed by atoms with E-state index < -0.39 is 5.60 Å². The van der Waals surface area contributed by atoms with Crippen LogP contribution in [0.5, 0.6) is 0 Å². The van der Waals surface area contributed by atoms with Gasteiger partial charge in [0.05, 0.1) is 0 Å². The van der Waals surface area contributed by atoms with Crippen LogP contribution in [0.2, 0.25) is 0 Å². The molecule has 0 radical (unpaired) electrons. The predicted molar refractivity (Wildman–Crippen MR) is 98.9 cm³/mol. The molecule has 1 amide bonds. The lowest BCUT2D eigenvalue weighted by Gasteiger charge is -2.34. The molecule has 0 spiro atoms. The molecule has 7 heteroatoms. The Morgan fingerprint density at radius 2 is 1.74 bits per heavy atom. The molecule has 2 fully saturated rings. The maximum Gasteiger partial charge on any atom is 0.252 e. The van der Waals surface area contributed by atoms with Crippen molar-refractivity contribution in [2.75, 3.05) is 46.4 Å². The van der Waals surface area contributed by atoms with Gasteiger partial charge in [-0.1, -0.05) is 12.8 Å². The third-order valence-electron chi connectivity index (χ3n) is 4.85. The molecular weight excluding hydrogens is 337 g/mol. The molecule has 0 aromatic rings. The first-order valence-electron chi connectivity index (χ1n) is 8.53. The van der Waals surface area contributed by atoms with Gasteiger partial charge in [0.15, 0.2) is 0 Å². The van der Waals surface area contributed by atoms with Crippen LogP contribution in [0.1, 0.15) is 44.9 Å². The van der Waals surface area contributed by atoms with Crippen molar-refractivity contribution in [3.8, 4) is 0 Å². The molecule has 0 atom stereocenters. The highest BCUT2D eigenvalue weighted by Crippen LogP contribution is 2.22. The number of amides is 1. The Labute approximate surface area is 153 Å². The summed E-state index contributed by atoms with van der Waals surface area (Å²) in [5, 5.41) is 6.36. The van der Waals surface area contributed by atoms with E-state index in [1.165, 1.54) is 38.8 Å². The molecule has 138 valence electrons. The lowest BCUT2D eigenvalue weighted by molar-refractivity contribution is -0.146. The molecule has 2 rings (SSSR count). The summed E-state index contributed by atoms with van der Waals surface area (Å²) in [7, 11) is 1.65. The van der Waals surface area contributed by atoms with Gasteiger partial charge in [-0.2, -0.15) is 0 Å². The lowest BCUT2D eigenvalue weighted by atomic mass is 9.91. The van der Waals surface area contributed by atoms with Crippen molar-refractivity contribution in [3.63, 3.8) is 0 Å². The second-order valence-corrected chi connectivity index (χ2v) is 6.31. The van der Waals surface area contributed by atoms with E-state index >= 15 is 0 Å². The zero-order valence-electron chi connectivity index (χ0n) is 14.3. The maximum absolute atomic E-state index is 12.4. The van der Waals surface area contributed by atoms with E-state index in [9.17, 15) is 4.79 Å². The fraction of sp³-hybridized carbons (Fsp3) is 0.938. The number of hydrogen-bond acceptors (Lipinski definition) is 4. The summed E-state index contributed by atoms with van der Waals surface area (Å²) in [6.45, 7) is 6.02. The number of halogens is 2. The number of piperidine rings is 1. The monoisotopic (exact) mass is 369 g/mol. The number of nitrogens with one attached hydrogen (secondary N) is 2. The summed E-state index contributed by atoms with van der Waals surface area (Å²) in [5.74, 6) is 0.0716. The first-order valence-corrected chi connectivity index (χ1v) is 8.53. The van der Waals surface area contributed by atoms with E-state index in [4.69, 9.17) is 4.74 Å². The third-order valence-corrected chi connectivity index (χ3v) is 4.85. The SMILES string of the molecule is COC1(C(=O)NCCCN2CCCCCC2)CCNCC1.Cl.Cl. The first-order chi connectivity index (χ1) is 10.3. The maximum atomic E-state index is 12.4. The van der Waals surface area contributed by atoms with Crippen LogP contribution in [-0.2, 0) is 9.53 Å². The molecule has 0 bridgehead atoms. The van der Waals surface area contributed by atoms with E-state index in [0.29, 0.717) is 0 Å². The minimum Gasteiger partial charge on any atom is -0.368 e. The average Bonchev–Trinajstić information content (AvgIpc) is 2.80. The van der Waals surface area contributed by atoms with Crippen LogP contribution < -0.4 is 10.6 Å². The number of ether oxygens (including phenoxy) is 1. The summed E-state index contributed by atoms with van der Waals surface area (Å²) >= 11 is 0. The molecule has 2 saturated heterocycles. The van der Waals surface area contributed by atoms with Crippen LogP contribution in [0.15, 0.2) is 0 Å². The van der Waals surface area contributed by atoms with Crippen LogP contribution in [0, 0.1) is 0 Å². The van der Waals surface area contributed by atoms with Gasteiger partial charge in [0, 0.05) is 13.7 Å². The fourth-order valence-corrected chi connectivity index (χ4v) is 3.38. The van der Waals surface area contributed by atoms with Gasteiger partial charge < -0.3 is 20.3 Å². The molecule has 5 nitrogen and oxygen atoms in total. The van der Waals surface area contributed by atoms with Crippen LogP contribution in [-0.4, -0.2) is 62.8 Å². The Kier molecular flexibility index (Phi) is 12.3. The number of rotatable bonds is 6. The van der Waals surface area contributed by atoms with Crippen LogP contribution >= 0.6 is 24.8 Å². The zero-order chi connectivity index (χ0) is 15.0. The van der Waals surface area contributed by atoms with Gasteiger partial charge in [0.2, 0.25) is 0 Å². The van der Waals surface area contributed by atoms with Crippen molar-refractivity contribution in [2.24, 2.45) is 0 Å². The molecule has 0 aromatic carbocycles. The predicted octanol–water partition coefficient (Wildman–Crippen LogP) is 1.98. The zero-order valence-corrected chi connectivity index (χ0v) is 15.9. The Bertz CT molecular complexity index is 318. The molecule has 2 N–H and O–H groups in total. The van der Waals surface area contributed by atoms with Gasteiger partial charge in [0.1, 0.15) is 5.60 Å². The molecule has 0 aliphatic carbocycles. The molecule has 2 aliphatic rings. The van der Waals surface area contributed by atoms with Gasteiger partial charge in [-0.05, 0) is 64.8 Å². The molecule has 2 heterocycles. The topological polar surface area (TPSA) is 53.6 Å². The summed E-state index contributed by atoms with van der Waals surface area (Å²) in [5.41, 5.74) is -0.603. The Balaban J connectivity index is 0.00000242. The fourth-order valence-electron chi connectivity index (χ4n) is 3.38. The van der Waals surface area contributed by atoms with Gasteiger partial charge in [-0.15, -0.1) is 24.8 Å². The summed E-state index contributed by atoms with van der Waals surface area (Å²) in [6.07, 6.45) is 7.96. The van der Waals surface area contributed by atoms with Crippen molar-refractivity contribution in [3.05, 3.63) is 0 Å². The number of likely N-dealkylation sites (tertiary alicyclic amines) is 1. The highest BCUT2D eigenvalue weighted by atomic mass is 35.5. The van der Waals surface area contributed by atoms with E-state index in [0.717, 1.165) is 45.4 Å². The second-order valence-electron chi connectivity index (χ2n) is 6.31. The highest BCUT2D eigenvalue weighted by Gasteiger charge is 2.39. The minimum atomic E-state index is -0.603.